The highest BCUT2D eigenvalue weighted by Crippen LogP contribution is 2.37. The zero-order chi connectivity index (χ0) is 17.1. The first kappa shape index (κ1) is 17.4. The van der Waals surface area contributed by atoms with Crippen molar-refractivity contribution in [3.05, 3.63) is 70.2 Å². The SMILES string of the molecule is CN(C)CCCC1C(=S)NC(c2ccc(Cl)cc2)c2ccccc21. The van der Waals surface area contributed by atoms with Gasteiger partial charge in [0, 0.05) is 10.9 Å². The number of nitrogens with zero attached hydrogens (tertiary/aromatic N) is 1. The lowest BCUT2D eigenvalue weighted by atomic mass is 9.82. The molecule has 2 unspecified atom stereocenters. The fourth-order valence-electron chi connectivity index (χ4n) is 3.37. The summed E-state index contributed by atoms with van der Waals surface area (Å²) in [6, 6.07) is 16.8. The third-order valence-corrected chi connectivity index (χ3v) is 5.24. The largest absolute Gasteiger partial charge is 0.368 e. The molecule has 2 atom stereocenters. The third kappa shape index (κ3) is 3.80. The van der Waals surface area contributed by atoms with E-state index in [4.69, 9.17) is 23.8 Å². The lowest BCUT2D eigenvalue weighted by Crippen LogP contribution is -2.38. The molecule has 3 rings (SSSR count). The number of rotatable bonds is 5. The first-order valence-electron chi connectivity index (χ1n) is 8.35. The maximum atomic E-state index is 6.04. The maximum Gasteiger partial charge on any atom is 0.0836 e. The smallest absolute Gasteiger partial charge is 0.0836 e. The second-order valence-corrected chi connectivity index (χ2v) is 7.50. The van der Waals surface area contributed by atoms with Crippen molar-refractivity contribution in [3.8, 4) is 0 Å². The van der Waals surface area contributed by atoms with Crippen LogP contribution in [0.15, 0.2) is 48.5 Å². The lowest BCUT2D eigenvalue weighted by molar-refractivity contribution is 0.391. The standard InChI is InChI=1S/C20H23ClN2S/c1-23(2)13-5-8-18-16-6-3-4-7-17(16)19(22-20(18)24)14-9-11-15(21)12-10-14/h3-4,6-7,9-12,18-19H,5,8,13H2,1-2H3,(H,22,24). The van der Waals surface area contributed by atoms with E-state index in [-0.39, 0.29) is 6.04 Å². The Bertz CT molecular complexity index is 712. The van der Waals surface area contributed by atoms with Gasteiger partial charge in [-0.25, -0.2) is 0 Å². The van der Waals surface area contributed by atoms with Crippen molar-refractivity contribution in [3.63, 3.8) is 0 Å². The van der Waals surface area contributed by atoms with E-state index in [1.165, 1.54) is 16.7 Å². The Labute approximate surface area is 154 Å². The monoisotopic (exact) mass is 358 g/mol. The summed E-state index contributed by atoms with van der Waals surface area (Å²) in [5.74, 6) is 0.305. The second kappa shape index (κ2) is 7.64. The molecule has 2 nitrogen and oxygen atoms in total. The van der Waals surface area contributed by atoms with Crippen LogP contribution in [0.3, 0.4) is 0 Å². The van der Waals surface area contributed by atoms with E-state index in [2.05, 4.69) is 60.7 Å². The number of hydrogen-bond donors (Lipinski definition) is 1. The lowest BCUT2D eigenvalue weighted by Gasteiger charge is -2.34. The van der Waals surface area contributed by atoms with Gasteiger partial charge in [0.1, 0.15) is 0 Å². The van der Waals surface area contributed by atoms with Gasteiger partial charge in [0.05, 0.1) is 11.0 Å². The molecule has 0 aromatic heterocycles. The van der Waals surface area contributed by atoms with Gasteiger partial charge in [-0.05, 0) is 62.3 Å². The first-order chi connectivity index (χ1) is 11.6. The number of hydrogen-bond acceptors (Lipinski definition) is 2. The molecule has 1 N–H and O–H groups in total. The maximum absolute atomic E-state index is 6.04. The molecule has 1 aliphatic rings. The molecule has 0 radical (unpaired) electrons. The van der Waals surface area contributed by atoms with Crippen molar-refractivity contribution in [2.24, 2.45) is 0 Å². The Kier molecular flexibility index (Phi) is 5.54. The molecule has 0 bridgehead atoms. The Balaban J connectivity index is 1.89. The minimum Gasteiger partial charge on any atom is -0.368 e. The van der Waals surface area contributed by atoms with Crippen molar-refractivity contribution in [1.82, 2.24) is 10.2 Å². The molecule has 0 amide bonds. The fraction of sp³-hybridized carbons (Fsp3) is 0.350. The highest BCUT2D eigenvalue weighted by molar-refractivity contribution is 7.80. The molecule has 24 heavy (non-hydrogen) atoms. The van der Waals surface area contributed by atoms with Crippen LogP contribution >= 0.6 is 23.8 Å². The van der Waals surface area contributed by atoms with Crippen LogP contribution in [0.5, 0.6) is 0 Å². The molecule has 4 heteroatoms. The van der Waals surface area contributed by atoms with E-state index >= 15 is 0 Å². The number of thiocarbonyl (C=S) groups is 1. The van der Waals surface area contributed by atoms with Gasteiger partial charge in [-0.1, -0.05) is 60.2 Å². The van der Waals surface area contributed by atoms with E-state index in [1.807, 2.05) is 12.1 Å². The normalized spacial score (nSPS) is 19.9. The van der Waals surface area contributed by atoms with E-state index in [9.17, 15) is 0 Å². The van der Waals surface area contributed by atoms with Gasteiger partial charge < -0.3 is 10.2 Å². The molecule has 126 valence electrons. The van der Waals surface area contributed by atoms with Crippen LogP contribution in [0.4, 0.5) is 0 Å². The summed E-state index contributed by atoms with van der Waals surface area (Å²) in [6.07, 6.45) is 2.22. The van der Waals surface area contributed by atoms with Gasteiger partial charge >= 0.3 is 0 Å². The Morgan fingerprint density at radius 1 is 1.04 bits per heavy atom. The molecule has 0 aliphatic carbocycles. The van der Waals surface area contributed by atoms with Crippen molar-refractivity contribution in [1.29, 1.82) is 0 Å². The van der Waals surface area contributed by atoms with Crippen molar-refractivity contribution in [2.75, 3.05) is 20.6 Å². The van der Waals surface area contributed by atoms with E-state index < -0.39 is 0 Å². The number of fused-ring (bicyclic) bond motifs is 1. The van der Waals surface area contributed by atoms with Gasteiger partial charge in [-0.15, -0.1) is 0 Å². The zero-order valence-electron chi connectivity index (χ0n) is 14.1. The molecule has 0 saturated heterocycles. The molecular formula is C20H23ClN2S. The minimum atomic E-state index is 0.107. The fourth-order valence-corrected chi connectivity index (χ4v) is 3.86. The molecule has 0 spiro atoms. The minimum absolute atomic E-state index is 0.107. The Morgan fingerprint density at radius 2 is 1.71 bits per heavy atom. The average Bonchev–Trinajstić information content (AvgIpc) is 2.57. The summed E-state index contributed by atoms with van der Waals surface area (Å²) in [5.41, 5.74) is 3.88. The number of benzene rings is 2. The van der Waals surface area contributed by atoms with Gasteiger partial charge in [0.15, 0.2) is 0 Å². The highest BCUT2D eigenvalue weighted by Gasteiger charge is 2.30. The summed E-state index contributed by atoms with van der Waals surface area (Å²) in [5, 5.41) is 4.33. The van der Waals surface area contributed by atoms with Crippen molar-refractivity contribution in [2.45, 2.75) is 24.8 Å². The molecular weight excluding hydrogens is 336 g/mol. The molecule has 2 aromatic rings. The number of halogens is 1. The van der Waals surface area contributed by atoms with Crippen LogP contribution in [0, 0.1) is 0 Å². The third-order valence-electron chi connectivity index (χ3n) is 4.59. The van der Waals surface area contributed by atoms with Gasteiger partial charge in [0.2, 0.25) is 0 Å². The number of nitrogens with one attached hydrogen (secondary N) is 1. The molecule has 0 saturated carbocycles. The Morgan fingerprint density at radius 3 is 2.38 bits per heavy atom. The predicted octanol–water partition coefficient (Wildman–Crippen LogP) is 4.79. The van der Waals surface area contributed by atoms with Crippen molar-refractivity contribution < 1.29 is 0 Å². The van der Waals surface area contributed by atoms with Gasteiger partial charge in [-0.2, -0.15) is 0 Å². The van der Waals surface area contributed by atoms with Crippen LogP contribution in [-0.4, -0.2) is 30.5 Å². The quantitative estimate of drug-likeness (QED) is 0.774. The summed E-state index contributed by atoms with van der Waals surface area (Å²) >= 11 is 11.8. The van der Waals surface area contributed by atoms with Gasteiger partial charge in [0.25, 0.3) is 0 Å². The molecule has 2 aromatic carbocycles. The first-order valence-corrected chi connectivity index (χ1v) is 9.14. The van der Waals surface area contributed by atoms with E-state index in [1.54, 1.807) is 0 Å². The highest BCUT2D eigenvalue weighted by atomic mass is 35.5. The topological polar surface area (TPSA) is 15.3 Å². The zero-order valence-corrected chi connectivity index (χ0v) is 15.7. The van der Waals surface area contributed by atoms with E-state index in [0.29, 0.717) is 5.92 Å². The van der Waals surface area contributed by atoms with Crippen LogP contribution in [0.1, 0.15) is 41.5 Å². The average molecular weight is 359 g/mol. The molecule has 1 heterocycles. The summed E-state index contributed by atoms with van der Waals surface area (Å²) in [6.45, 7) is 1.09. The van der Waals surface area contributed by atoms with E-state index in [0.717, 1.165) is 29.4 Å². The predicted molar refractivity (Wildman–Crippen MR) is 106 cm³/mol. The van der Waals surface area contributed by atoms with Crippen LogP contribution in [0.2, 0.25) is 5.02 Å². The Hall–Kier alpha value is -1.42. The molecule has 0 fully saturated rings. The summed E-state index contributed by atoms with van der Waals surface area (Å²) in [7, 11) is 4.23. The second-order valence-electron chi connectivity index (χ2n) is 6.62. The summed E-state index contributed by atoms with van der Waals surface area (Å²) < 4.78 is 0. The summed E-state index contributed by atoms with van der Waals surface area (Å²) in [4.78, 5) is 3.18. The van der Waals surface area contributed by atoms with Crippen LogP contribution in [-0.2, 0) is 0 Å². The van der Waals surface area contributed by atoms with Crippen LogP contribution < -0.4 is 5.32 Å². The molecule has 1 aliphatic heterocycles. The van der Waals surface area contributed by atoms with Crippen LogP contribution in [0.25, 0.3) is 0 Å². The van der Waals surface area contributed by atoms with Gasteiger partial charge in [-0.3, -0.25) is 0 Å². The van der Waals surface area contributed by atoms with Crippen molar-refractivity contribution >= 4 is 28.8 Å².